The molecular formula is C18H28BrN3O2+2. The van der Waals surface area contributed by atoms with Crippen LogP contribution in [0.1, 0.15) is 20.8 Å². The Morgan fingerprint density at radius 2 is 1.50 bits per heavy atom. The van der Waals surface area contributed by atoms with Gasteiger partial charge in [0.2, 0.25) is 0 Å². The number of hydrogen-bond donors (Lipinski definition) is 3. The van der Waals surface area contributed by atoms with E-state index in [0.717, 1.165) is 36.3 Å². The SMILES string of the molecule is CC(C)(C)C(=O)C[NH+]1CC[NH+](CC(=O)Nc2ccc(Br)cc2)CC1. The maximum Gasteiger partial charge on any atom is 0.279 e. The van der Waals surface area contributed by atoms with Gasteiger partial charge in [0.1, 0.15) is 32.7 Å². The Labute approximate surface area is 152 Å². The van der Waals surface area contributed by atoms with E-state index in [0.29, 0.717) is 18.9 Å². The van der Waals surface area contributed by atoms with Gasteiger partial charge in [-0.1, -0.05) is 36.7 Å². The number of quaternary nitrogens is 2. The second-order valence-electron chi connectivity index (χ2n) is 7.58. The molecular weight excluding hydrogens is 370 g/mol. The van der Waals surface area contributed by atoms with Gasteiger partial charge in [-0.3, -0.25) is 9.59 Å². The molecule has 1 aliphatic heterocycles. The Bertz CT molecular complexity index is 573. The fraction of sp³-hybridized carbons (Fsp3) is 0.556. The third kappa shape index (κ3) is 6.00. The molecule has 1 aromatic rings. The molecule has 0 spiro atoms. The predicted octanol–water partition coefficient (Wildman–Crippen LogP) is -0.214. The fourth-order valence-corrected chi connectivity index (χ4v) is 3.03. The Hall–Kier alpha value is -1.24. The molecule has 0 radical (unpaired) electrons. The van der Waals surface area contributed by atoms with E-state index < -0.39 is 0 Å². The fourth-order valence-electron chi connectivity index (χ4n) is 2.77. The molecule has 3 N–H and O–H groups in total. The molecule has 24 heavy (non-hydrogen) atoms. The summed E-state index contributed by atoms with van der Waals surface area (Å²) in [6.45, 7) is 10.8. The van der Waals surface area contributed by atoms with E-state index in [-0.39, 0.29) is 11.3 Å². The van der Waals surface area contributed by atoms with Crippen LogP contribution in [0.4, 0.5) is 5.69 Å². The van der Waals surface area contributed by atoms with Crippen LogP contribution in [-0.2, 0) is 9.59 Å². The number of carbonyl (C=O) groups excluding carboxylic acids is 2. The molecule has 1 aliphatic rings. The zero-order chi connectivity index (χ0) is 17.7. The van der Waals surface area contributed by atoms with Crippen molar-refractivity contribution in [3.05, 3.63) is 28.7 Å². The molecule has 0 aromatic heterocycles. The number of benzene rings is 1. The summed E-state index contributed by atoms with van der Waals surface area (Å²) >= 11 is 3.38. The number of anilines is 1. The molecule has 1 saturated heterocycles. The summed E-state index contributed by atoms with van der Waals surface area (Å²) in [6.07, 6.45) is 0. The van der Waals surface area contributed by atoms with Crippen LogP contribution >= 0.6 is 15.9 Å². The van der Waals surface area contributed by atoms with Crippen molar-refractivity contribution in [2.45, 2.75) is 20.8 Å². The van der Waals surface area contributed by atoms with Gasteiger partial charge in [0.25, 0.3) is 5.91 Å². The van der Waals surface area contributed by atoms with Crippen molar-refractivity contribution in [1.29, 1.82) is 0 Å². The van der Waals surface area contributed by atoms with Crippen molar-refractivity contribution in [2.24, 2.45) is 5.41 Å². The highest BCUT2D eigenvalue weighted by molar-refractivity contribution is 9.10. The summed E-state index contributed by atoms with van der Waals surface area (Å²) < 4.78 is 0.995. The van der Waals surface area contributed by atoms with Crippen LogP contribution in [0.5, 0.6) is 0 Å². The highest BCUT2D eigenvalue weighted by Crippen LogP contribution is 2.14. The molecule has 1 amide bonds. The van der Waals surface area contributed by atoms with Gasteiger partial charge >= 0.3 is 0 Å². The minimum absolute atomic E-state index is 0.0431. The number of hydrogen-bond acceptors (Lipinski definition) is 2. The average Bonchev–Trinajstić information content (AvgIpc) is 2.50. The Balaban J connectivity index is 1.73. The van der Waals surface area contributed by atoms with E-state index in [2.05, 4.69) is 21.2 Å². The van der Waals surface area contributed by atoms with Crippen LogP contribution < -0.4 is 15.1 Å². The van der Waals surface area contributed by atoms with Gasteiger partial charge in [0.15, 0.2) is 12.3 Å². The van der Waals surface area contributed by atoms with Gasteiger partial charge in [-0.05, 0) is 24.3 Å². The average molecular weight is 398 g/mol. The van der Waals surface area contributed by atoms with E-state index in [1.54, 1.807) is 0 Å². The van der Waals surface area contributed by atoms with Crippen molar-refractivity contribution >= 4 is 33.3 Å². The molecule has 6 heteroatoms. The zero-order valence-corrected chi connectivity index (χ0v) is 16.3. The quantitative estimate of drug-likeness (QED) is 0.643. The summed E-state index contributed by atoms with van der Waals surface area (Å²) in [6, 6.07) is 7.60. The molecule has 1 aromatic carbocycles. The maximum absolute atomic E-state index is 12.2. The number of rotatable bonds is 5. The van der Waals surface area contributed by atoms with Gasteiger partial charge in [-0.15, -0.1) is 0 Å². The molecule has 1 heterocycles. The van der Waals surface area contributed by atoms with E-state index >= 15 is 0 Å². The second kappa shape index (κ2) is 8.23. The van der Waals surface area contributed by atoms with E-state index in [1.165, 1.54) is 9.80 Å². The van der Waals surface area contributed by atoms with Crippen molar-refractivity contribution in [3.8, 4) is 0 Å². The predicted molar refractivity (Wildman–Crippen MR) is 98.4 cm³/mol. The lowest BCUT2D eigenvalue weighted by atomic mass is 9.90. The summed E-state index contributed by atoms with van der Waals surface area (Å²) in [5, 5.41) is 2.94. The van der Waals surface area contributed by atoms with E-state index in [9.17, 15) is 9.59 Å². The molecule has 0 unspecified atom stereocenters. The zero-order valence-electron chi connectivity index (χ0n) is 14.7. The van der Waals surface area contributed by atoms with Crippen molar-refractivity contribution in [1.82, 2.24) is 0 Å². The Kier molecular flexibility index (Phi) is 6.54. The van der Waals surface area contributed by atoms with Gasteiger partial charge in [0, 0.05) is 15.6 Å². The van der Waals surface area contributed by atoms with Crippen LogP contribution in [0, 0.1) is 5.41 Å². The monoisotopic (exact) mass is 397 g/mol. The van der Waals surface area contributed by atoms with Crippen LogP contribution in [-0.4, -0.2) is 51.0 Å². The lowest BCUT2D eigenvalue weighted by Gasteiger charge is -2.30. The number of ketones is 1. The van der Waals surface area contributed by atoms with Crippen molar-refractivity contribution in [2.75, 3.05) is 44.6 Å². The van der Waals surface area contributed by atoms with Gasteiger partial charge in [0.05, 0.1) is 0 Å². The normalized spacial score (nSPS) is 21.3. The number of amides is 1. The first-order chi connectivity index (χ1) is 11.2. The number of halogens is 1. The first kappa shape index (κ1) is 19.1. The largest absolute Gasteiger partial charge is 0.321 e. The van der Waals surface area contributed by atoms with Crippen LogP contribution in [0.15, 0.2) is 28.7 Å². The first-order valence-electron chi connectivity index (χ1n) is 8.50. The third-order valence-corrected chi connectivity index (χ3v) is 4.98. The topological polar surface area (TPSA) is 55.1 Å². The van der Waals surface area contributed by atoms with Gasteiger partial charge in [-0.25, -0.2) is 0 Å². The third-order valence-electron chi connectivity index (χ3n) is 4.45. The Morgan fingerprint density at radius 3 is 2.00 bits per heavy atom. The van der Waals surface area contributed by atoms with E-state index in [4.69, 9.17) is 0 Å². The van der Waals surface area contributed by atoms with E-state index in [1.807, 2.05) is 45.0 Å². The second-order valence-corrected chi connectivity index (χ2v) is 8.50. The number of piperazine rings is 1. The number of nitrogens with one attached hydrogen (secondary N) is 3. The number of carbonyl (C=O) groups is 2. The summed E-state index contributed by atoms with van der Waals surface area (Å²) in [4.78, 5) is 26.9. The molecule has 132 valence electrons. The standard InChI is InChI=1S/C18H26BrN3O2/c1-18(2,3)16(23)12-21-8-10-22(11-9-21)13-17(24)20-15-6-4-14(19)5-7-15/h4-7H,8-13H2,1-3H3,(H,20,24)/p+2. The lowest BCUT2D eigenvalue weighted by Crippen LogP contribution is -3.28. The molecule has 5 nitrogen and oxygen atoms in total. The molecule has 0 atom stereocenters. The summed E-state index contributed by atoms with van der Waals surface area (Å²) in [5.41, 5.74) is 0.560. The lowest BCUT2D eigenvalue weighted by molar-refractivity contribution is -1.00. The highest BCUT2D eigenvalue weighted by Gasteiger charge is 2.30. The summed E-state index contributed by atoms with van der Waals surface area (Å²) in [5.74, 6) is 0.357. The molecule has 0 bridgehead atoms. The van der Waals surface area contributed by atoms with Gasteiger partial charge in [-0.2, -0.15) is 0 Å². The highest BCUT2D eigenvalue weighted by atomic mass is 79.9. The summed E-state index contributed by atoms with van der Waals surface area (Å²) in [7, 11) is 0. The van der Waals surface area contributed by atoms with Crippen LogP contribution in [0.25, 0.3) is 0 Å². The maximum atomic E-state index is 12.2. The molecule has 0 aliphatic carbocycles. The minimum Gasteiger partial charge on any atom is -0.321 e. The molecule has 0 saturated carbocycles. The Morgan fingerprint density at radius 1 is 1.00 bits per heavy atom. The van der Waals surface area contributed by atoms with Crippen LogP contribution in [0.2, 0.25) is 0 Å². The van der Waals surface area contributed by atoms with Crippen molar-refractivity contribution in [3.63, 3.8) is 0 Å². The first-order valence-corrected chi connectivity index (χ1v) is 9.29. The minimum atomic E-state index is -0.262. The van der Waals surface area contributed by atoms with Crippen LogP contribution in [0.3, 0.4) is 0 Å². The van der Waals surface area contributed by atoms with Gasteiger partial charge < -0.3 is 15.1 Å². The molecule has 1 fully saturated rings. The number of Topliss-reactive ketones (excluding diaryl/α,β-unsaturated/α-hetero) is 1. The smallest absolute Gasteiger partial charge is 0.279 e. The van der Waals surface area contributed by atoms with Crippen molar-refractivity contribution < 1.29 is 19.4 Å². The molecule has 2 rings (SSSR count).